The largest absolute Gasteiger partial charge is 0.486 e. The molecule has 0 aromatic heterocycles. The van der Waals surface area contributed by atoms with Crippen LogP contribution in [0.5, 0.6) is 11.5 Å². The quantitative estimate of drug-likeness (QED) is 0.434. The molecule has 0 unspecified atom stereocenters. The third-order valence-electron chi connectivity index (χ3n) is 7.35. The van der Waals surface area contributed by atoms with Crippen LogP contribution in [0.25, 0.3) is 0 Å². The summed E-state index contributed by atoms with van der Waals surface area (Å²) in [6.07, 6.45) is 6.51. The molecule has 1 heterocycles. The fraction of sp³-hybridized carbons (Fsp3) is 0.517. The molecule has 1 aliphatic carbocycles. The van der Waals surface area contributed by atoms with E-state index in [0.717, 1.165) is 38.4 Å². The molecule has 2 aliphatic rings. The van der Waals surface area contributed by atoms with Gasteiger partial charge in [-0.25, -0.2) is 12.8 Å². The van der Waals surface area contributed by atoms with Gasteiger partial charge in [0.1, 0.15) is 25.1 Å². The molecule has 0 saturated heterocycles. The van der Waals surface area contributed by atoms with Crippen molar-refractivity contribution in [2.24, 2.45) is 0 Å². The van der Waals surface area contributed by atoms with Crippen LogP contribution in [0.4, 0.5) is 10.1 Å². The summed E-state index contributed by atoms with van der Waals surface area (Å²) in [5, 5.41) is 3.09. The fourth-order valence-corrected chi connectivity index (χ4v) is 6.09. The third kappa shape index (κ3) is 7.87. The lowest BCUT2D eigenvalue weighted by Crippen LogP contribution is -2.50. The molecule has 1 saturated carbocycles. The predicted octanol–water partition coefficient (Wildman–Crippen LogP) is 4.01. The molecule has 2 amide bonds. The Bertz CT molecular complexity index is 1280. The summed E-state index contributed by atoms with van der Waals surface area (Å²) in [5.41, 5.74) is 1.11. The maximum atomic E-state index is 13.5. The summed E-state index contributed by atoms with van der Waals surface area (Å²) in [6.45, 7) is 2.70. The molecule has 2 aromatic rings. The van der Waals surface area contributed by atoms with E-state index in [2.05, 4.69) is 5.32 Å². The van der Waals surface area contributed by atoms with E-state index in [0.29, 0.717) is 36.0 Å². The highest BCUT2D eigenvalue weighted by molar-refractivity contribution is 7.92. The van der Waals surface area contributed by atoms with E-state index in [4.69, 9.17) is 9.47 Å². The molecule has 40 heavy (non-hydrogen) atoms. The van der Waals surface area contributed by atoms with E-state index in [1.807, 2.05) is 0 Å². The van der Waals surface area contributed by atoms with Gasteiger partial charge < -0.3 is 19.7 Å². The zero-order valence-corrected chi connectivity index (χ0v) is 23.9. The first-order valence-electron chi connectivity index (χ1n) is 13.8. The second-order valence-electron chi connectivity index (χ2n) is 10.4. The van der Waals surface area contributed by atoms with E-state index in [1.54, 1.807) is 37.3 Å². The number of ether oxygens (including phenoxy) is 2. The highest BCUT2D eigenvalue weighted by Gasteiger charge is 2.28. The minimum atomic E-state index is -3.65. The van der Waals surface area contributed by atoms with E-state index < -0.39 is 16.1 Å². The second kappa shape index (κ2) is 13.3. The number of hydrogen-bond donors (Lipinski definition) is 1. The Balaban J connectivity index is 1.45. The lowest BCUT2D eigenvalue weighted by molar-refractivity contribution is -0.141. The Morgan fingerprint density at radius 3 is 2.38 bits per heavy atom. The van der Waals surface area contributed by atoms with Crippen LogP contribution in [0.2, 0.25) is 0 Å². The highest BCUT2D eigenvalue weighted by atomic mass is 32.2. The van der Waals surface area contributed by atoms with Crippen molar-refractivity contribution >= 4 is 27.5 Å². The monoisotopic (exact) mass is 575 g/mol. The first kappa shape index (κ1) is 29.6. The fourth-order valence-electron chi connectivity index (χ4n) is 5.13. The van der Waals surface area contributed by atoms with Crippen LogP contribution >= 0.6 is 0 Å². The summed E-state index contributed by atoms with van der Waals surface area (Å²) in [7, 11) is -3.65. The maximum absolute atomic E-state index is 13.5. The SMILES string of the molecule is C[C@@H](C(=O)NC1CCCCC1)N(Cc1ccc(F)cc1)C(=O)CCCN(c1ccc2c(c1)OCCO2)S(C)(=O)=O. The molecule has 1 N–H and O–H groups in total. The number of sulfonamides is 1. The van der Waals surface area contributed by atoms with Crippen molar-refractivity contribution in [3.8, 4) is 11.5 Å². The molecule has 0 radical (unpaired) electrons. The molecule has 1 atom stereocenters. The van der Waals surface area contributed by atoms with E-state index in [-0.39, 0.29) is 49.6 Å². The van der Waals surface area contributed by atoms with Crippen molar-refractivity contribution < 1.29 is 31.9 Å². The van der Waals surface area contributed by atoms with Crippen LogP contribution in [-0.2, 0) is 26.2 Å². The molecule has 2 aromatic carbocycles. The van der Waals surface area contributed by atoms with E-state index in [9.17, 15) is 22.4 Å². The Kier molecular flexibility index (Phi) is 9.89. The number of fused-ring (bicyclic) bond motifs is 1. The van der Waals surface area contributed by atoms with Crippen LogP contribution in [-0.4, -0.2) is 63.2 Å². The zero-order chi connectivity index (χ0) is 28.7. The van der Waals surface area contributed by atoms with Crippen LogP contribution in [0.3, 0.4) is 0 Å². The smallest absolute Gasteiger partial charge is 0.242 e. The van der Waals surface area contributed by atoms with Gasteiger partial charge in [0, 0.05) is 31.6 Å². The van der Waals surface area contributed by atoms with E-state index in [1.165, 1.54) is 21.3 Å². The molecule has 0 bridgehead atoms. The second-order valence-corrected chi connectivity index (χ2v) is 12.3. The maximum Gasteiger partial charge on any atom is 0.242 e. The Morgan fingerprint density at radius 2 is 1.70 bits per heavy atom. The molecule has 11 heteroatoms. The molecule has 9 nitrogen and oxygen atoms in total. The van der Waals surface area contributed by atoms with Crippen molar-refractivity contribution in [2.75, 3.05) is 30.3 Å². The number of carbonyl (C=O) groups is 2. The number of hydrogen-bond acceptors (Lipinski definition) is 6. The first-order valence-corrected chi connectivity index (χ1v) is 15.7. The number of benzene rings is 2. The summed E-state index contributed by atoms with van der Waals surface area (Å²) >= 11 is 0. The highest BCUT2D eigenvalue weighted by Crippen LogP contribution is 2.34. The van der Waals surface area contributed by atoms with Gasteiger partial charge in [-0.05, 0) is 56.0 Å². The standard InChI is InChI=1S/C29H38FN3O6S/c1-21(29(35)31-24-7-4-3-5-8-24)32(20-22-10-12-23(30)13-11-22)28(34)9-6-16-33(40(2,36)37)25-14-15-26-27(19-25)39-18-17-38-26/h10-15,19,21,24H,3-9,16-18,20H2,1-2H3,(H,31,35)/t21-/m0/s1. The average Bonchev–Trinajstić information content (AvgIpc) is 2.94. The number of nitrogens with one attached hydrogen (secondary N) is 1. The third-order valence-corrected chi connectivity index (χ3v) is 8.55. The van der Waals surface area contributed by atoms with Crippen LogP contribution < -0.4 is 19.1 Å². The lowest BCUT2D eigenvalue weighted by atomic mass is 9.95. The van der Waals surface area contributed by atoms with Crippen LogP contribution in [0.15, 0.2) is 42.5 Å². The Labute approximate surface area is 235 Å². The van der Waals surface area contributed by atoms with E-state index >= 15 is 0 Å². The zero-order valence-electron chi connectivity index (χ0n) is 23.1. The first-order chi connectivity index (χ1) is 19.1. The number of halogens is 1. The van der Waals surface area contributed by atoms with Crippen LogP contribution in [0, 0.1) is 5.82 Å². The molecule has 1 aliphatic heterocycles. The summed E-state index contributed by atoms with van der Waals surface area (Å²) in [5.74, 6) is 0.125. The van der Waals surface area contributed by atoms with Crippen molar-refractivity contribution in [3.05, 3.63) is 53.8 Å². The average molecular weight is 576 g/mol. The van der Waals surface area contributed by atoms with Gasteiger partial charge in [0.15, 0.2) is 11.5 Å². The van der Waals surface area contributed by atoms with Gasteiger partial charge in [-0.2, -0.15) is 0 Å². The van der Waals surface area contributed by atoms with Gasteiger partial charge in [-0.3, -0.25) is 13.9 Å². The topological polar surface area (TPSA) is 105 Å². The Morgan fingerprint density at radius 1 is 1.02 bits per heavy atom. The van der Waals surface area contributed by atoms with Gasteiger partial charge >= 0.3 is 0 Å². The lowest BCUT2D eigenvalue weighted by Gasteiger charge is -2.31. The van der Waals surface area contributed by atoms with Gasteiger partial charge in [0.2, 0.25) is 21.8 Å². The van der Waals surface area contributed by atoms with Crippen LogP contribution in [0.1, 0.15) is 57.4 Å². The van der Waals surface area contributed by atoms with Crippen molar-refractivity contribution in [2.45, 2.75) is 70.5 Å². The molecule has 4 rings (SSSR count). The number of anilines is 1. The Hall–Kier alpha value is -3.34. The molecule has 1 fully saturated rings. The predicted molar refractivity (Wildman–Crippen MR) is 150 cm³/mol. The molecular formula is C29H38FN3O6S. The van der Waals surface area contributed by atoms with Gasteiger partial charge in [-0.1, -0.05) is 31.4 Å². The van der Waals surface area contributed by atoms with Crippen molar-refractivity contribution in [1.82, 2.24) is 10.2 Å². The number of amides is 2. The van der Waals surface area contributed by atoms with Gasteiger partial charge in [0.25, 0.3) is 0 Å². The molecular weight excluding hydrogens is 537 g/mol. The van der Waals surface area contributed by atoms with Crippen molar-refractivity contribution in [1.29, 1.82) is 0 Å². The summed E-state index contributed by atoms with van der Waals surface area (Å²) in [4.78, 5) is 28.1. The summed E-state index contributed by atoms with van der Waals surface area (Å²) < 4.78 is 51.1. The number of rotatable bonds is 11. The number of carbonyl (C=O) groups excluding carboxylic acids is 2. The molecule has 0 spiro atoms. The normalized spacial score (nSPS) is 16.2. The van der Waals surface area contributed by atoms with Crippen molar-refractivity contribution in [3.63, 3.8) is 0 Å². The van der Waals surface area contributed by atoms with Gasteiger partial charge in [0.05, 0.1) is 11.9 Å². The minimum Gasteiger partial charge on any atom is -0.486 e. The summed E-state index contributed by atoms with van der Waals surface area (Å²) in [6, 6.07) is 10.1. The molecule has 218 valence electrons. The van der Waals surface area contributed by atoms with Gasteiger partial charge in [-0.15, -0.1) is 0 Å². The number of nitrogens with zero attached hydrogens (tertiary/aromatic N) is 2. The minimum absolute atomic E-state index is 0.0266.